The standard InChI is InChI=1S/C18H23ClN4O4/c1-11(24)26-14-10-23(16-13(14)8-15(19)20-21-16)12-6-5-7-22(9-12)17(25)27-18(2,3)4/h8,10,12H,5-7,9H2,1-4H3/t12-/m1/s1. The second-order valence-corrected chi connectivity index (χ2v) is 8.01. The maximum absolute atomic E-state index is 12.4. The van der Waals surface area contributed by atoms with Crippen LogP contribution < -0.4 is 4.74 Å². The molecule has 1 atom stereocenters. The number of piperidine rings is 1. The van der Waals surface area contributed by atoms with Crippen molar-refractivity contribution >= 4 is 34.7 Å². The van der Waals surface area contributed by atoms with E-state index in [0.29, 0.717) is 29.9 Å². The normalized spacial score (nSPS) is 17.8. The predicted molar refractivity (Wildman–Crippen MR) is 99.9 cm³/mol. The summed E-state index contributed by atoms with van der Waals surface area (Å²) in [6, 6.07) is 1.58. The van der Waals surface area contributed by atoms with Gasteiger partial charge >= 0.3 is 12.1 Å². The molecule has 0 N–H and O–H groups in total. The van der Waals surface area contributed by atoms with E-state index in [1.54, 1.807) is 17.2 Å². The molecule has 0 radical (unpaired) electrons. The monoisotopic (exact) mass is 394 g/mol. The molecule has 0 spiro atoms. The van der Waals surface area contributed by atoms with E-state index in [0.717, 1.165) is 12.8 Å². The number of hydrogen-bond donors (Lipinski definition) is 0. The van der Waals surface area contributed by atoms with Crippen LogP contribution in [0.4, 0.5) is 4.79 Å². The molecule has 1 saturated heterocycles. The van der Waals surface area contributed by atoms with Gasteiger partial charge in [-0.2, -0.15) is 0 Å². The van der Waals surface area contributed by atoms with Crippen LogP contribution in [0.25, 0.3) is 11.0 Å². The molecule has 146 valence electrons. The number of aromatic nitrogens is 3. The molecule has 0 saturated carbocycles. The van der Waals surface area contributed by atoms with Crippen molar-refractivity contribution in [2.75, 3.05) is 13.1 Å². The lowest BCUT2D eigenvalue weighted by atomic mass is 10.1. The first-order valence-electron chi connectivity index (χ1n) is 8.84. The van der Waals surface area contributed by atoms with E-state index in [-0.39, 0.29) is 17.3 Å². The third-order valence-corrected chi connectivity index (χ3v) is 4.39. The summed E-state index contributed by atoms with van der Waals surface area (Å²) in [6.07, 6.45) is 3.07. The van der Waals surface area contributed by atoms with Gasteiger partial charge in [0, 0.05) is 26.2 Å². The molecule has 1 aliphatic rings. The Labute approximate surface area is 162 Å². The zero-order valence-corrected chi connectivity index (χ0v) is 16.6. The molecular weight excluding hydrogens is 372 g/mol. The van der Waals surface area contributed by atoms with Gasteiger partial charge in [0.2, 0.25) is 0 Å². The second-order valence-electron chi connectivity index (χ2n) is 7.62. The quantitative estimate of drug-likeness (QED) is 0.723. The summed E-state index contributed by atoms with van der Waals surface area (Å²) in [6.45, 7) is 7.98. The number of esters is 1. The summed E-state index contributed by atoms with van der Waals surface area (Å²) in [5, 5.41) is 8.90. The van der Waals surface area contributed by atoms with Crippen LogP contribution in [0.5, 0.6) is 5.75 Å². The van der Waals surface area contributed by atoms with Crippen molar-refractivity contribution in [1.29, 1.82) is 0 Å². The summed E-state index contributed by atoms with van der Waals surface area (Å²) < 4.78 is 12.7. The van der Waals surface area contributed by atoms with Crippen molar-refractivity contribution in [3.63, 3.8) is 0 Å². The summed E-state index contributed by atoms with van der Waals surface area (Å²) in [5.41, 5.74) is 0.0150. The number of carbonyl (C=O) groups excluding carboxylic acids is 2. The van der Waals surface area contributed by atoms with E-state index >= 15 is 0 Å². The Kier molecular flexibility index (Phi) is 5.28. The molecule has 1 aliphatic heterocycles. The van der Waals surface area contributed by atoms with Gasteiger partial charge in [-0.3, -0.25) is 4.79 Å². The highest BCUT2D eigenvalue weighted by Crippen LogP contribution is 2.33. The van der Waals surface area contributed by atoms with Crippen LogP contribution in [0.1, 0.15) is 46.6 Å². The Morgan fingerprint density at radius 1 is 1.30 bits per heavy atom. The Bertz CT molecular complexity index is 874. The average Bonchev–Trinajstić information content (AvgIpc) is 2.90. The first kappa shape index (κ1) is 19.4. The van der Waals surface area contributed by atoms with Gasteiger partial charge < -0.3 is 18.9 Å². The van der Waals surface area contributed by atoms with Gasteiger partial charge in [0.25, 0.3) is 0 Å². The largest absolute Gasteiger partial charge is 0.444 e. The molecule has 0 aliphatic carbocycles. The average molecular weight is 395 g/mol. The maximum Gasteiger partial charge on any atom is 0.410 e. The van der Waals surface area contributed by atoms with Gasteiger partial charge in [-0.15, -0.1) is 10.2 Å². The smallest absolute Gasteiger partial charge is 0.410 e. The fourth-order valence-corrected chi connectivity index (χ4v) is 3.33. The van der Waals surface area contributed by atoms with E-state index in [1.807, 2.05) is 25.3 Å². The lowest BCUT2D eigenvalue weighted by Gasteiger charge is -2.34. The lowest BCUT2D eigenvalue weighted by molar-refractivity contribution is -0.131. The van der Waals surface area contributed by atoms with E-state index in [9.17, 15) is 9.59 Å². The van der Waals surface area contributed by atoms with Crippen LogP contribution in [0.2, 0.25) is 5.15 Å². The Hall–Kier alpha value is -2.35. The minimum Gasteiger partial charge on any atom is -0.444 e. The molecule has 2 aromatic heterocycles. The summed E-state index contributed by atoms with van der Waals surface area (Å²) in [7, 11) is 0. The fourth-order valence-electron chi connectivity index (χ4n) is 3.18. The number of likely N-dealkylation sites (tertiary alicyclic amines) is 1. The molecule has 0 bridgehead atoms. The number of ether oxygens (including phenoxy) is 2. The Morgan fingerprint density at radius 3 is 2.70 bits per heavy atom. The highest BCUT2D eigenvalue weighted by atomic mass is 35.5. The van der Waals surface area contributed by atoms with Gasteiger partial charge in [-0.05, 0) is 39.7 Å². The van der Waals surface area contributed by atoms with Crippen molar-refractivity contribution in [2.24, 2.45) is 0 Å². The topological polar surface area (TPSA) is 86.5 Å². The maximum atomic E-state index is 12.4. The second kappa shape index (κ2) is 7.34. The number of carbonyl (C=O) groups is 2. The van der Waals surface area contributed by atoms with E-state index in [2.05, 4.69) is 10.2 Å². The summed E-state index contributed by atoms with van der Waals surface area (Å²) in [4.78, 5) is 25.6. The molecule has 9 heteroatoms. The molecule has 1 fully saturated rings. The van der Waals surface area contributed by atoms with Crippen molar-refractivity contribution in [3.8, 4) is 5.75 Å². The van der Waals surface area contributed by atoms with Crippen molar-refractivity contribution in [1.82, 2.24) is 19.7 Å². The van der Waals surface area contributed by atoms with Crippen molar-refractivity contribution < 1.29 is 19.1 Å². The number of fused-ring (bicyclic) bond motifs is 1. The van der Waals surface area contributed by atoms with Crippen LogP contribution in [-0.2, 0) is 9.53 Å². The molecule has 8 nitrogen and oxygen atoms in total. The Morgan fingerprint density at radius 2 is 2.04 bits per heavy atom. The third kappa shape index (κ3) is 4.50. The van der Waals surface area contributed by atoms with Crippen LogP contribution in [0, 0.1) is 0 Å². The van der Waals surface area contributed by atoms with Crippen LogP contribution >= 0.6 is 11.6 Å². The van der Waals surface area contributed by atoms with Gasteiger partial charge in [0.15, 0.2) is 16.5 Å². The zero-order chi connectivity index (χ0) is 19.8. The highest BCUT2D eigenvalue weighted by molar-refractivity contribution is 6.30. The Balaban J connectivity index is 1.90. The number of hydrogen-bond acceptors (Lipinski definition) is 6. The van der Waals surface area contributed by atoms with E-state index in [4.69, 9.17) is 21.1 Å². The van der Waals surface area contributed by atoms with Gasteiger partial charge in [0.1, 0.15) is 5.60 Å². The summed E-state index contributed by atoms with van der Waals surface area (Å²) >= 11 is 5.96. The first-order chi connectivity index (χ1) is 12.6. The molecule has 27 heavy (non-hydrogen) atoms. The van der Waals surface area contributed by atoms with Crippen LogP contribution in [0.15, 0.2) is 12.3 Å². The van der Waals surface area contributed by atoms with Crippen LogP contribution in [-0.4, -0.2) is 50.4 Å². The van der Waals surface area contributed by atoms with Crippen molar-refractivity contribution in [2.45, 2.75) is 52.2 Å². The third-order valence-electron chi connectivity index (χ3n) is 4.21. The van der Waals surface area contributed by atoms with Crippen LogP contribution in [0.3, 0.4) is 0 Å². The zero-order valence-electron chi connectivity index (χ0n) is 15.9. The number of rotatable bonds is 2. The molecule has 3 rings (SSSR count). The minimum atomic E-state index is -0.547. The first-order valence-corrected chi connectivity index (χ1v) is 9.22. The highest BCUT2D eigenvalue weighted by Gasteiger charge is 2.30. The fraction of sp³-hybridized carbons (Fsp3) is 0.556. The van der Waals surface area contributed by atoms with E-state index < -0.39 is 11.6 Å². The molecular formula is C18H23ClN4O4. The van der Waals surface area contributed by atoms with E-state index in [1.165, 1.54) is 6.92 Å². The predicted octanol–water partition coefficient (Wildman–Crippen LogP) is 3.58. The molecule has 0 aromatic carbocycles. The van der Waals surface area contributed by atoms with Gasteiger partial charge in [-0.25, -0.2) is 4.79 Å². The number of halogens is 1. The summed E-state index contributed by atoms with van der Waals surface area (Å²) in [5.74, 6) is -0.0512. The number of amides is 1. The van der Waals surface area contributed by atoms with Gasteiger partial charge in [0.05, 0.1) is 11.4 Å². The molecule has 0 unspecified atom stereocenters. The van der Waals surface area contributed by atoms with Crippen molar-refractivity contribution in [3.05, 3.63) is 17.4 Å². The SMILES string of the molecule is CC(=O)Oc1cn([C@@H]2CCCN(C(=O)OC(C)(C)C)C2)c2nnc(Cl)cc12. The number of nitrogens with zero attached hydrogens (tertiary/aromatic N) is 4. The molecule has 1 amide bonds. The molecule has 2 aromatic rings. The minimum absolute atomic E-state index is 0.0337. The van der Waals surface area contributed by atoms with Gasteiger partial charge in [-0.1, -0.05) is 11.6 Å². The molecule has 3 heterocycles. The lowest BCUT2D eigenvalue weighted by Crippen LogP contribution is -2.43.